The first-order chi connectivity index (χ1) is 18.0. The van der Waals surface area contributed by atoms with Crippen LogP contribution in [0.5, 0.6) is 0 Å². The highest BCUT2D eigenvalue weighted by Gasteiger charge is 2.32. The van der Waals surface area contributed by atoms with Gasteiger partial charge in [-0.05, 0) is 12.1 Å². The van der Waals surface area contributed by atoms with E-state index in [0.29, 0.717) is 11.9 Å². The van der Waals surface area contributed by atoms with Gasteiger partial charge in [-0.3, -0.25) is 9.97 Å². The smallest absolute Gasteiger partial charge is 0.368 e. The molecular weight excluding hydrogens is 515 g/mol. The summed E-state index contributed by atoms with van der Waals surface area (Å²) in [5, 5.41) is 0. The van der Waals surface area contributed by atoms with E-state index in [1.807, 2.05) is 60.7 Å². The number of aromatic nitrogens is 2. The first-order valence-corrected chi connectivity index (χ1v) is 12.7. The zero-order valence-electron chi connectivity index (χ0n) is 20.3. The van der Waals surface area contributed by atoms with Gasteiger partial charge in [-0.1, -0.05) is 60.7 Å². The molecule has 0 atom stereocenters. The van der Waals surface area contributed by atoms with Crippen LogP contribution in [0, 0.1) is 0 Å². The standard InChI is InChI=1S/C27H22F3N5O2S/c1-35(2)18-33-38(36,37)24-14-23(17-32-26(24)21-13-22(16-31-15-21)27(28,29)30)34-25(19-9-5-3-6-10-19)20-11-7-4-8-12-20/h3-18H,1-2H3/b33-18-. The van der Waals surface area contributed by atoms with Crippen LogP contribution in [0.2, 0.25) is 0 Å². The molecule has 0 spiro atoms. The molecule has 0 saturated carbocycles. The third kappa shape index (κ3) is 6.30. The Labute approximate surface area is 218 Å². The summed E-state index contributed by atoms with van der Waals surface area (Å²) in [6.45, 7) is 0. The Kier molecular flexibility index (Phi) is 7.67. The minimum absolute atomic E-state index is 0.125. The molecule has 0 unspecified atom stereocenters. The van der Waals surface area contributed by atoms with E-state index in [-0.39, 0.29) is 16.9 Å². The molecule has 11 heteroatoms. The molecule has 0 aliphatic heterocycles. The van der Waals surface area contributed by atoms with Gasteiger partial charge in [0.1, 0.15) is 11.2 Å². The molecule has 0 aliphatic carbocycles. The van der Waals surface area contributed by atoms with Gasteiger partial charge in [0.15, 0.2) is 0 Å². The second-order valence-corrected chi connectivity index (χ2v) is 9.95. The number of halogens is 3. The number of rotatable bonds is 7. The highest BCUT2D eigenvalue weighted by atomic mass is 32.2. The Balaban J connectivity index is 1.93. The quantitative estimate of drug-likeness (QED) is 0.226. The molecule has 0 bridgehead atoms. The van der Waals surface area contributed by atoms with Gasteiger partial charge in [-0.15, -0.1) is 4.40 Å². The van der Waals surface area contributed by atoms with Crippen molar-refractivity contribution >= 4 is 27.8 Å². The highest BCUT2D eigenvalue weighted by Crippen LogP contribution is 2.34. The van der Waals surface area contributed by atoms with Gasteiger partial charge < -0.3 is 4.90 Å². The average molecular weight is 538 g/mol. The number of sulfonamides is 1. The molecule has 0 N–H and O–H groups in total. The summed E-state index contributed by atoms with van der Waals surface area (Å²) in [5.41, 5.74) is 0.908. The summed E-state index contributed by atoms with van der Waals surface area (Å²) in [4.78, 5) is 13.6. The minimum Gasteiger partial charge on any atom is -0.368 e. The Morgan fingerprint density at radius 1 is 0.895 bits per heavy atom. The van der Waals surface area contributed by atoms with E-state index >= 15 is 0 Å². The van der Waals surface area contributed by atoms with E-state index in [0.717, 1.165) is 29.7 Å². The van der Waals surface area contributed by atoms with Crippen molar-refractivity contribution in [1.82, 2.24) is 14.9 Å². The SMILES string of the molecule is CN(C)/C=N\S(=O)(=O)c1cc(N=C(c2ccccc2)c2ccccc2)cnc1-c1cncc(C(F)(F)F)c1. The van der Waals surface area contributed by atoms with Crippen LogP contribution in [0.25, 0.3) is 11.3 Å². The van der Waals surface area contributed by atoms with Crippen LogP contribution in [0.1, 0.15) is 16.7 Å². The number of aliphatic imine (C=N–C) groups is 1. The van der Waals surface area contributed by atoms with E-state index in [4.69, 9.17) is 4.99 Å². The van der Waals surface area contributed by atoms with Gasteiger partial charge in [0.2, 0.25) is 0 Å². The molecule has 0 aliphatic rings. The van der Waals surface area contributed by atoms with Crippen LogP contribution >= 0.6 is 0 Å². The van der Waals surface area contributed by atoms with Crippen LogP contribution in [0.4, 0.5) is 18.9 Å². The van der Waals surface area contributed by atoms with Gasteiger partial charge in [0.05, 0.1) is 28.9 Å². The largest absolute Gasteiger partial charge is 0.417 e. The van der Waals surface area contributed by atoms with Gasteiger partial charge in [-0.2, -0.15) is 21.6 Å². The second-order valence-electron chi connectivity index (χ2n) is 8.35. The summed E-state index contributed by atoms with van der Waals surface area (Å²) in [6.07, 6.45) is -0.508. The molecule has 0 saturated heterocycles. The van der Waals surface area contributed by atoms with Crippen molar-refractivity contribution in [3.05, 3.63) is 108 Å². The lowest BCUT2D eigenvalue weighted by molar-refractivity contribution is -0.137. The summed E-state index contributed by atoms with van der Waals surface area (Å²) in [6, 6.07) is 20.6. The molecule has 7 nitrogen and oxygen atoms in total. The molecule has 2 aromatic heterocycles. The van der Waals surface area contributed by atoms with Crippen molar-refractivity contribution in [3.8, 4) is 11.3 Å². The molecule has 4 rings (SSSR count). The topological polar surface area (TPSA) is 87.9 Å². The second kappa shape index (κ2) is 10.9. The molecule has 194 valence electrons. The molecular formula is C27H22F3N5O2S. The summed E-state index contributed by atoms with van der Waals surface area (Å²) in [5.74, 6) is 0. The van der Waals surface area contributed by atoms with E-state index in [2.05, 4.69) is 14.4 Å². The minimum atomic E-state index is -4.67. The zero-order chi connectivity index (χ0) is 27.3. The van der Waals surface area contributed by atoms with Crippen LogP contribution in [0.3, 0.4) is 0 Å². The Bertz CT molecular complexity index is 1550. The van der Waals surface area contributed by atoms with Crippen molar-refractivity contribution in [2.45, 2.75) is 11.1 Å². The van der Waals surface area contributed by atoms with Gasteiger partial charge in [0, 0.05) is 43.2 Å². The maximum atomic E-state index is 13.3. The third-order valence-electron chi connectivity index (χ3n) is 5.21. The fourth-order valence-corrected chi connectivity index (χ4v) is 4.57. The van der Waals surface area contributed by atoms with Crippen LogP contribution in [0.15, 0.2) is 106 Å². The van der Waals surface area contributed by atoms with Crippen molar-refractivity contribution in [2.24, 2.45) is 9.39 Å². The average Bonchev–Trinajstić information content (AvgIpc) is 2.91. The maximum Gasteiger partial charge on any atom is 0.417 e. The number of hydrogen-bond acceptors (Lipinski definition) is 5. The highest BCUT2D eigenvalue weighted by molar-refractivity contribution is 7.90. The Morgan fingerprint density at radius 2 is 1.50 bits per heavy atom. The molecule has 0 amide bonds. The number of alkyl halides is 3. The number of benzene rings is 2. The van der Waals surface area contributed by atoms with Crippen molar-refractivity contribution in [2.75, 3.05) is 14.1 Å². The van der Waals surface area contributed by atoms with E-state index in [9.17, 15) is 21.6 Å². The van der Waals surface area contributed by atoms with E-state index < -0.39 is 26.7 Å². The van der Waals surface area contributed by atoms with Gasteiger partial charge in [0.25, 0.3) is 10.0 Å². The van der Waals surface area contributed by atoms with Crippen molar-refractivity contribution < 1.29 is 21.6 Å². The Hall–Kier alpha value is -4.38. The van der Waals surface area contributed by atoms with Crippen LogP contribution in [-0.2, 0) is 16.2 Å². The fraction of sp³-hybridized carbons (Fsp3) is 0.111. The molecule has 0 fully saturated rings. The Morgan fingerprint density at radius 3 is 2.05 bits per heavy atom. The molecule has 2 heterocycles. The monoisotopic (exact) mass is 537 g/mol. The molecule has 0 radical (unpaired) electrons. The lowest BCUT2D eigenvalue weighted by Crippen LogP contribution is -2.11. The summed E-state index contributed by atoms with van der Waals surface area (Å²) in [7, 11) is -1.21. The molecule has 4 aromatic rings. The zero-order valence-corrected chi connectivity index (χ0v) is 21.1. The molecule has 38 heavy (non-hydrogen) atoms. The third-order valence-corrected chi connectivity index (χ3v) is 6.45. The number of nitrogens with zero attached hydrogens (tertiary/aromatic N) is 5. The van der Waals surface area contributed by atoms with Gasteiger partial charge >= 0.3 is 6.18 Å². The number of hydrogen-bond donors (Lipinski definition) is 0. The first-order valence-electron chi connectivity index (χ1n) is 11.2. The van der Waals surface area contributed by atoms with E-state index in [1.54, 1.807) is 14.1 Å². The lowest BCUT2D eigenvalue weighted by Gasteiger charge is -2.12. The lowest BCUT2D eigenvalue weighted by atomic mass is 10.0. The fourth-order valence-electron chi connectivity index (χ4n) is 3.46. The first kappa shape index (κ1) is 26.7. The van der Waals surface area contributed by atoms with Crippen LogP contribution < -0.4 is 0 Å². The summed E-state index contributed by atoms with van der Waals surface area (Å²) >= 11 is 0. The summed E-state index contributed by atoms with van der Waals surface area (Å²) < 4.78 is 70.1. The number of pyridine rings is 2. The predicted octanol–water partition coefficient (Wildman–Crippen LogP) is 5.61. The predicted molar refractivity (Wildman–Crippen MR) is 140 cm³/mol. The van der Waals surface area contributed by atoms with Crippen molar-refractivity contribution in [1.29, 1.82) is 0 Å². The normalized spacial score (nSPS) is 11.9. The molecule has 2 aromatic carbocycles. The van der Waals surface area contributed by atoms with E-state index in [1.165, 1.54) is 17.2 Å². The maximum absolute atomic E-state index is 13.3. The van der Waals surface area contributed by atoms with Gasteiger partial charge in [-0.25, -0.2) is 4.99 Å². The van der Waals surface area contributed by atoms with Crippen LogP contribution in [-0.4, -0.2) is 49.4 Å². The van der Waals surface area contributed by atoms with Crippen molar-refractivity contribution in [3.63, 3.8) is 0 Å².